The van der Waals surface area contributed by atoms with E-state index in [2.05, 4.69) is 46.9 Å². The summed E-state index contributed by atoms with van der Waals surface area (Å²) in [6.07, 6.45) is 6.19. The summed E-state index contributed by atoms with van der Waals surface area (Å²) in [6.45, 7) is 7.12. The SMILES string of the molecule is CC(C)c1c(NC[C@H]2CCNC[C@@H]2O)nn2c(NCc3cccc(C/C=C/C(N)=O)c3)ccnc12. The molecule has 9 heteroatoms. The minimum Gasteiger partial charge on any atom is -0.391 e. The number of amides is 1. The average Bonchev–Trinajstić information content (AvgIpc) is 3.21. The van der Waals surface area contributed by atoms with Gasteiger partial charge in [-0.25, -0.2) is 4.98 Å². The second kappa shape index (κ2) is 11.3. The number of nitrogens with zero attached hydrogens (tertiary/aromatic N) is 3. The number of β-amino-alcohol motifs (C(OH)–C–C–N with tert-alkyl or cyclic N) is 1. The van der Waals surface area contributed by atoms with Crippen LogP contribution in [0.5, 0.6) is 0 Å². The molecule has 3 aromatic rings. The summed E-state index contributed by atoms with van der Waals surface area (Å²) in [5.74, 6) is 1.66. The van der Waals surface area contributed by atoms with Crippen molar-refractivity contribution in [3.05, 3.63) is 65.4 Å². The van der Waals surface area contributed by atoms with Gasteiger partial charge in [-0.05, 0) is 48.6 Å². The molecule has 0 unspecified atom stereocenters. The first-order valence-electron chi connectivity index (χ1n) is 12.2. The number of allylic oxidation sites excluding steroid dienone is 1. The van der Waals surface area contributed by atoms with Gasteiger partial charge < -0.3 is 26.8 Å². The van der Waals surface area contributed by atoms with Crippen molar-refractivity contribution in [1.29, 1.82) is 0 Å². The molecule has 1 fully saturated rings. The fraction of sp³-hybridized carbons (Fsp3) is 0.423. The van der Waals surface area contributed by atoms with Gasteiger partial charge in [0.1, 0.15) is 5.82 Å². The lowest BCUT2D eigenvalue weighted by Crippen LogP contribution is -2.43. The molecule has 1 aliphatic rings. The van der Waals surface area contributed by atoms with E-state index in [4.69, 9.17) is 10.8 Å². The minimum atomic E-state index is -0.440. The van der Waals surface area contributed by atoms with Crippen LogP contribution < -0.4 is 21.7 Å². The molecule has 1 aromatic carbocycles. The molecule has 6 N–H and O–H groups in total. The molecule has 1 saturated heterocycles. The number of benzene rings is 1. The molecular formula is C26H35N7O2. The quantitative estimate of drug-likeness (QED) is 0.284. The third-order valence-electron chi connectivity index (χ3n) is 6.35. The first-order chi connectivity index (χ1) is 16.9. The monoisotopic (exact) mass is 477 g/mol. The normalized spacial score (nSPS) is 18.4. The lowest BCUT2D eigenvalue weighted by atomic mass is 9.95. The summed E-state index contributed by atoms with van der Waals surface area (Å²) in [4.78, 5) is 15.5. The Morgan fingerprint density at radius 2 is 2.14 bits per heavy atom. The van der Waals surface area contributed by atoms with Crippen molar-refractivity contribution < 1.29 is 9.90 Å². The number of aliphatic hydroxyl groups excluding tert-OH is 1. The highest BCUT2D eigenvalue weighted by atomic mass is 16.3. The number of primary amides is 1. The largest absolute Gasteiger partial charge is 0.391 e. The number of nitrogens with one attached hydrogen (secondary N) is 3. The average molecular weight is 478 g/mol. The van der Waals surface area contributed by atoms with E-state index in [9.17, 15) is 9.90 Å². The van der Waals surface area contributed by atoms with Crippen molar-refractivity contribution in [1.82, 2.24) is 19.9 Å². The van der Waals surface area contributed by atoms with Crippen LogP contribution in [0.3, 0.4) is 0 Å². The van der Waals surface area contributed by atoms with Crippen LogP contribution in [0.1, 0.15) is 42.9 Å². The number of anilines is 2. The molecule has 2 atom stereocenters. The predicted octanol–water partition coefficient (Wildman–Crippen LogP) is 2.43. The summed E-state index contributed by atoms with van der Waals surface area (Å²) in [7, 11) is 0. The topological polar surface area (TPSA) is 130 Å². The lowest BCUT2D eigenvalue weighted by molar-refractivity contribution is -0.113. The number of hydrogen-bond acceptors (Lipinski definition) is 7. The van der Waals surface area contributed by atoms with Crippen LogP contribution in [0, 0.1) is 5.92 Å². The van der Waals surface area contributed by atoms with Gasteiger partial charge in [0.15, 0.2) is 11.5 Å². The zero-order valence-corrected chi connectivity index (χ0v) is 20.4. The number of piperidine rings is 1. The molecular weight excluding hydrogens is 442 g/mol. The molecule has 0 aliphatic carbocycles. The number of nitrogens with two attached hydrogens (primary N) is 1. The van der Waals surface area contributed by atoms with Gasteiger partial charge in [-0.2, -0.15) is 4.52 Å². The molecule has 1 aliphatic heterocycles. The second-order valence-corrected chi connectivity index (χ2v) is 9.37. The summed E-state index contributed by atoms with van der Waals surface area (Å²) >= 11 is 0. The first kappa shape index (κ1) is 24.7. The Bertz CT molecular complexity index is 1190. The van der Waals surface area contributed by atoms with Crippen molar-refractivity contribution in [3.8, 4) is 0 Å². The van der Waals surface area contributed by atoms with Gasteiger partial charge in [0, 0.05) is 37.3 Å². The maximum absolute atomic E-state index is 10.9. The van der Waals surface area contributed by atoms with Gasteiger partial charge >= 0.3 is 0 Å². The van der Waals surface area contributed by atoms with Gasteiger partial charge in [0.2, 0.25) is 5.91 Å². The number of fused-ring (bicyclic) bond motifs is 1. The lowest BCUT2D eigenvalue weighted by Gasteiger charge is -2.28. The van der Waals surface area contributed by atoms with E-state index in [1.54, 1.807) is 12.3 Å². The maximum atomic E-state index is 10.9. The Kier molecular flexibility index (Phi) is 7.99. The molecule has 0 saturated carbocycles. The third-order valence-corrected chi connectivity index (χ3v) is 6.35. The van der Waals surface area contributed by atoms with E-state index in [-0.39, 0.29) is 17.9 Å². The smallest absolute Gasteiger partial charge is 0.241 e. The van der Waals surface area contributed by atoms with Crippen LogP contribution in [-0.4, -0.2) is 51.4 Å². The highest BCUT2D eigenvalue weighted by molar-refractivity contribution is 5.85. The zero-order valence-electron chi connectivity index (χ0n) is 20.4. The van der Waals surface area contributed by atoms with E-state index in [1.807, 2.05) is 22.7 Å². The molecule has 0 bridgehead atoms. The molecule has 35 heavy (non-hydrogen) atoms. The fourth-order valence-electron chi connectivity index (χ4n) is 4.49. The van der Waals surface area contributed by atoms with Gasteiger partial charge in [0.25, 0.3) is 0 Å². The van der Waals surface area contributed by atoms with Crippen LogP contribution in [0.2, 0.25) is 0 Å². The van der Waals surface area contributed by atoms with Crippen molar-refractivity contribution >= 4 is 23.2 Å². The van der Waals surface area contributed by atoms with Crippen molar-refractivity contribution in [2.75, 3.05) is 30.3 Å². The Morgan fingerprint density at radius 3 is 2.91 bits per heavy atom. The van der Waals surface area contributed by atoms with Crippen LogP contribution in [0.15, 0.2) is 48.7 Å². The standard InChI is InChI=1S/C26H35N7O2/c1-17(2)24-25(31-15-20-9-11-28-16-21(20)34)32-33-23(10-12-29-26(24)33)30-14-19-7-3-5-18(13-19)6-4-8-22(27)35/h3-5,7-8,10,12-13,17,20-21,28,30,34H,6,9,11,14-16H2,1-2H3,(H2,27,35)(H,31,32)/b8-4+/t20-,21+/m1/s1. The van der Waals surface area contributed by atoms with Gasteiger partial charge in [-0.1, -0.05) is 44.2 Å². The van der Waals surface area contributed by atoms with E-state index in [0.717, 1.165) is 46.9 Å². The van der Waals surface area contributed by atoms with E-state index in [0.29, 0.717) is 26.1 Å². The summed E-state index contributed by atoms with van der Waals surface area (Å²) in [6, 6.07) is 10.1. The highest BCUT2D eigenvalue weighted by Gasteiger charge is 2.24. The number of aliphatic hydroxyl groups is 1. The molecule has 186 valence electrons. The minimum absolute atomic E-state index is 0.191. The number of hydrogen-bond donors (Lipinski definition) is 5. The second-order valence-electron chi connectivity index (χ2n) is 9.37. The first-order valence-corrected chi connectivity index (χ1v) is 12.2. The molecule has 9 nitrogen and oxygen atoms in total. The van der Waals surface area contributed by atoms with Crippen LogP contribution in [0.25, 0.3) is 5.65 Å². The Morgan fingerprint density at radius 1 is 1.31 bits per heavy atom. The van der Waals surface area contributed by atoms with Crippen molar-refractivity contribution in [3.63, 3.8) is 0 Å². The van der Waals surface area contributed by atoms with Crippen LogP contribution in [0.4, 0.5) is 11.6 Å². The number of carbonyl (C=O) groups excluding carboxylic acids is 1. The van der Waals surface area contributed by atoms with Gasteiger partial charge in [-0.3, -0.25) is 4.79 Å². The van der Waals surface area contributed by atoms with E-state index < -0.39 is 5.91 Å². The summed E-state index contributed by atoms with van der Waals surface area (Å²) in [5.41, 5.74) is 9.29. The summed E-state index contributed by atoms with van der Waals surface area (Å²) < 4.78 is 1.86. The maximum Gasteiger partial charge on any atom is 0.241 e. The van der Waals surface area contributed by atoms with Crippen LogP contribution >= 0.6 is 0 Å². The number of carbonyl (C=O) groups is 1. The third kappa shape index (κ3) is 6.17. The van der Waals surface area contributed by atoms with E-state index >= 15 is 0 Å². The van der Waals surface area contributed by atoms with E-state index in [1.165, 1.54) is 6.08 Å². The molecule has 0 radical (unpaired) electrons. The van der Waals surface area contributed by atoms with Crippen molar-refractivity contribution in [2.24, 2.45) is 11.7 Å². The number of aromatic nitrogens is 3. The molecule has 1 amide bonds. The van der Waals surface area contributed by atoms with Gasteiger partial charge in [-0.15, -0.1) is 5.10 Å². The predicted molar refractivity (Wildman–Crippen MR) is 138 cm³/mol. The molecule has 4 rings (SSSR count). The summed E-state index contributed by atoms with van der Waals surface area (Å²) in [5, 5.41) is 25.4. The van der Waals surface area contributed by atoms with Crippen molar-refractivity contribution in [2.45, 2.75) is 45.3 Å². The Hall–Kier alpha value is -3.43. The highest BCUT2D eigenvalue weighted by Crippen LogP contribution is 2.29. The Balaban J connectivity index is 1.51. The zero-order chi connectivity index (χ0) is 24.8. The van der Waals surface area contributed by atoms with Gasteiger partial charge in [0.05, 0.1) is 6.10 Å². The van der Waals surface area contributed by atoms with Crippen LogP contribution in [-0.2, 0) is 17.8 Å². The number of rotatable bonds is 10. The Labute approximate surface area is 205 Å². The molecule has 3 heterocycles. The fourth-order valence-corrected chi connectivity index (χ4v) is 4.49. The molecule has 0 spiro atoms. The molecule has 2 aromatic heterocycles.